The van der Waals surface area contributed by atoms with Gasteiger partial charge in [-0.05, 0) is 50.7 Å². The fourth-order valence-corrected chi connectivity index (χ4v) is 4.06. The third kappa shape index (κ3) is 3.71. The van der Waals surface area contributed by atoms with Gasteiger partial charge in [0.15, 0.2) is 0 Å². The maximum atomic E-state index is 6.36. The van der Waals surface area contributed by atoms with E-state index in [-0.39, 0.29) is 18.3 Å². The van der Waals surface area contributed by atoms with Crippen molar-refractivity contribution in [2.45, 2.75) is 57.2 Å². The lowest BCUT2D eigenvalue weighted by Crippen LogP contribution is -2.41. The van der Waals surface area contributed by atoms with Gasteiger partial charge in [0.2, 0.25) is 0 Å². The summed E-state index contributed by atoms with van der Waals surface area (Å²) >= 11 is 0. The van der Waals surface area contributed by atoms with Gasteiger partial charge < -0.3 is 14.0 Å². The number of hydrogen-bond donors (Lipinski definition) is 0. The molecule has 3 nitrogen and oxygen atoms in total. The Labute approximate surface area is 163 Å². The fourth-order valence-electron chi connectivity index (χ4n) is 4.06. The summed E-state index contributed by atoms with van der Waals surface area (Å²) < 4.78 is 18.8. The van der Waals surface area contributed by atoms with Crippen molar-refractivity contribution in [2.24, 2.45) is 5.92 Å². The molecule has 3 atom stereocenters. The fraction of sp³-hybridized carbons (Fsp3) is 0.478. The van der Waals surface area contributed by atoms with Crippen molar-refractivity contribution in [1.82, 2.24) is 0 Å². The molecule has 27 heavy (non-hydrogen) atoms. The number of ether oxygens (including phenoxy) is 1. The van der Waals surface area contributed by atoms with Gasteiger partial charge in [0, 0.05) is 5.82 Å². The van der Waals surface area contributed by atoms with Crippen molar-refractivity contribution in [1.29, 1.82) is 0 Å². The maximum Gasteiger partial charge on any atom is 0.462 e. The average molecular weight is 364 g/mol. The summed E-state index contributed by atoms with van der Waals surface area (Å²) in [6.07, 6.45) is 0. The molecule has 1 aliphatic carbocycles. The van der Waals surface area contributed by atoms with Gasteiger partial charge in [0.05, 0.1) is 24.4 Å². The number of benzene rings is 2. The van der Waals surface area contributed by atoms with Crippen molar-refractivity contribution < 1.29 is 14.0 Å². The van der Waals surface area contributed by atoms with Crippen molar-refractivity contribution in [3.05, 3.63) is 71.8 Å². The van der Waals surface area contributed by atoms with Crippen LogP contribution in [0.5, 0.6) is 0 Å². The Morgan fingerprint density at radius 2 is 1.41 bits per heavy atom. The van der Waals surface area contributed by atoms with Crippen LogP contribution in [0.15, 0.2) is 60.7 Å². The van der Waals surface area contributed by atoms with Gasteiger partial charge in [-0.1, -0.05) is 60.7 Å². The summed E-state index contributed by atoms with van der Waals surface area (Å²) in [5, 5.41) is 0. The van der Waals surface area contributed by atoms with Gasteiger partial charge in [-0.2, -0.15) is 0 Å². The van der Waals surface area contributed by atoms with Crippen LogP contribution in [0.25, 0.3) is 0 Å². The van der Waals surface area contributed by atoms with Gasteiger partial charge >= 0.3 is 7.12 Å². The van der Waals surface area contributed by atoms with Crippen LogP contribution in [-0.2, 0) is 20.7 Å². The van der Waals surface area contributed by atoms with E-state index in [2.05, 4.69) is 82.3 Å². The number of rotatable bonds is 6. The molecule has 1 aliphatic heterocycles. The third-order valence-corrected chi connectivity index (χ3v) is 6.42. The highest BCUT2D eigenvalue weighted by atomic mass is 16.7. The first-order valence-corrected chi connectivity index (χ1v) is 9.91. The summed E-state index contributed by atoms with van der Waals surface area (Å²) in [6.45, 7) is 9.85. The van der Waals surface area contributed by atoms with E-state index in [1.807, 2.05) is 6.07 Å². The van der Waals surface area contributed by atoms with Crippen LogP contribution in [0.2, 0.25) is 5.82 Å². The minimum atomic E-state index is -0.295. The summed E-state index contributed by atoms with van der Waals surface area (Å²) in [4.78, 5) is 0. The van der Waals surface area contributed by atoms with Crippen molar-refractivity contribution in [2.75, 3.05) is 6.61 Å². The average Bonchev–Trinajstić information content (AvgIpc) is 3.31. The molecule has 1 saturated heterocycles. The first-order valence-electron chi connectivity index (χ1n) is 9.91. The molecule has 1 saturated carbocycles. The molecule has 0 N–H and O–H groups in total. The third-order valence-electron chi connectivity index (χ3n) is 6.42. The highest BCUT2D eigenvalue weighted by Gasteiger charge is 2.65. The van der Waals surface area contributed by atoms with Crippen molar-refractivity contribution in [3.63, 3.8) is 0 Å². The number of hydrogen-bond acceptors (Lipinski definition) is 3. The zero-order chi connectivity index (χ0) is 19.1. The molecule has 0 aromatic heterocycles. The SMILES string of the molecule is CC1(C)OB([C@H]2[C@@H](COCc3ccccc3)[C@@H]2c2ccccc2)OC1(C)C. The summed E-state index contributed by atoms with van der Waals surface area (Å²) in [5.74, 6) is 1.19. The first-order chi connectivity index (χ1) is 12.9. The highest BCUT2D eigenvalue weighted by Crippen LogP contribution is 2.63. The minimum Gasteiger partial charge on any atom is -0.403 e. The van der Waals surface area contributed by atoms with E-state index in [4.69, 9.17) is 14.0 Å². The van der Waals surface area contributed by atoms with Crippen LogP contribution < -0.4 is 0 Å². The lowest BCUT2D eigenvalue weighted by Gasteiger charge is -2.32. The molecule has 0 amide bonds. The molecule has 2 aromatic carbocycles. The Morgan fingerprint density at radius 1 is 0.852 bits per heavy atom. The predicted octanol–water partition coefficient (Wildman–Crippen LogP) is 5.08. The van der Waals surface area contributed by atoms with Crippen LogP contribution in [0.1, 0.15) is 44.7 Å². The predicted molar refractivity (Wildman–Crippen MR) is 109 cm³/mol. The quantitative estimate of drug-likeness (QED) is 0.669. The van der Waals surface area contributed by atoms with E-state index >= 15 is 0 Å². The summed E-state index contributed by atoms with van der Waals surface area (Å²) in [6, 6.07) is 21.0. The molecule has 2 aliphatic rings. The van der Waals surface area contributed by atoms with E-state index < -0.39 is 0 Å². The van der Waals surface area contributed by atoms with Crippen LogP contribution in [0.3, 0.4) is 0 Å². The van der Waals surface area contributed by atoms with Crippen LogP contribution in [-0.4, -0.2) is 24.9 Å². The van der Waals surface area contributed by atoms with E-state index in [0.717, 1.165) is 6.61 Å². The standard InChI is InChI=1S/C23H29BO3/c1-22(2)23(3,4)27-24(26-22)21-19(20(21)18-13-9-6-10-14-18)16-25-15-17-11-7-5-8-12-17/h5-14,19-21H,15-16H2,1-4H3/t19-,20-,21-/m0/s1. The zero-order valence-electron chi connectivity index (χ0n) is 16.7. The minimum absolute atomic E-state index is 0.175. The second kappa shape index (κ2) is 7.08. The molecular weight excluding hydrogens is 335 g/mol. The Morgan fingerprint density at radius 3 is 2.00 bits per heavy atom. The molecule has 0 spiro atoms. The molecule has 0 unspecified atom stereocenters. The van der Waals surface area contributed by atoms with Gasteiger partial charge in [0.1, 0.15) is 0 Å². The second-order valence-corrected chi connectivity index (χ2v) is 8.80. The molecule has 2 fully saturated rings. The molecule has 0 bridgehead atoms. The lowest BCUT2D eigenvalue weighted by molar-refractivity contribution is 0.00578. The molecular formula is C23H29BO3. The van der Waals surface area contributed by atoms with E-state index in [1.165, 1.54) is 11.1 Å². The molecule has 4 heteroatoms. The monoisotopic (exact) mass is 364 g/mol. The Balaban J connectivity index is 1.45. The first kappa shape index (κ1) is 18.7. The lowest BCUT2D eigenvalue weighted by atomic mass is 9.79. The Kier molecular flexibility index (Phi) is 4.92. The van der Waals surface area contributed by atoms with E-state index in [1.54, 1.807) is 0 Å². The molecule has 2 aromatic rings. The van der Waals surface area contributed by atoms with Crippen molar-refractivity contribution >= 4 is 7.12 Å². The second-order valence-electron chi connectivity index (χ2n) is 8.80. The van der Waals surface area contributed by atoms with E-state index in [9.17, 15) is 0 Å². The van der Waals surface area contributed by atoms with Crippen LogP contribution >= 0.6 is 0 Å². The molecule has 0 radical (unpaired) electrons. The summed E-state index contributed by atoms with van der Waals surface area (Å²) in [7, 11) is -0.175. The Bertz CT molecular complexity index is 744. The largest absolute Gasteiger partial charge is 0.462 e. The van der Waals surface area contributed by atoms with E-state index in [0.29, 0.717) is 24.3 Å². The molecule has 1 heterocycles. The maximum absolute atomic E-state index is 6.36. The topological polar surface area (TPSA) is 27.7 Å². The zero-order valence-corrected chi connectivity index (χ0v) is 16.7. The molecule has 142 valence electrons. The normalized spacial score (nSPS) is 28.3. The van der Waals surface area contributed by atoms with Gasteiger partial charge in [-0.25, -0.2) is 0 Å². The molecule has 4 rings (SSSR count). The van der Waals surface area contributed by atoms with Crippen LogP contribution in [0.4, 0.5) is 0 Å². The Hall–Kier alpha value is -1.62. The smallest absolute Gasteiger partial charge is 0.403 e. The highest BCUT2D eigenvalue weighted by molar-refractivity contribution is 6.49. The van der Waals surface area contributed by atoms with Gasteiger partial charge in [0.25, 0.3) is 0 Å². The van der Waals surface area contributed by atoms with Crippen LogP contribution in [0, 0.1) is 5.92 Å². The van der Waals surface area contributed by atoms with Crippen molar-refractivity contribution in [3.8, 4) is 0 Å². The van der Waals surface area contributed by atoms with Gasteiger partial charge in [-0.15, -0.1) is 0 Å². The van der Waals surface area contributed by atoms with Gasteiger partial charge in [-0.3, -0.25) is 0 Å². The summed E-state index contributed by atoms with van der Waals surface area (Å²) in [5.41, 5.74) is 1.97.